The van der Waals surface area contributed by atoms with Crippen LogP contribution in [-0.2, 0) is 22.9 Å². The van der Waals surface area contributed by atoms with E-state index in [2.05, 4.69) is 30.6 Å². The van der Waals surface area contributed by atoms with Crippen LogP contribution in [0.15, 0.2) is 22.2 Å². The first-order valence-corrected chi connectivity index (χ1v) is 8.75. The van der Waals surface area contributed by atoms with Crippen LogP contribution in [0.4, 0.5) is 0 Å². The molecule has 0 aliphatic heterocycles. The number of rotatable bonds is 9. The van der Waals surface area contributed by atoms with Crippen molar-refractivity contribution in [2.45, 2.75) is 13.5 Å². The second kappa shape index (κ2) is 8.28. The van der Waals surface area contributed by atoms with Crippen LogP contribution >= 0.6 is 0 Å². The van der Waals surface area contributed by atoms with Crippen LogP contribution in [0.25, 0.3) is 11.3 Å². The first kappa shape index (κ1) is 20.7. The first-order valence-electron chi connectivity index (χ1n) is 8.75. The van der Waals surface area contributed by atoms with Crippen molar-refractivity contribution >= 4 is 23.1 Å². The number of nitrogens with two attached hydrogens (primary N) is 2. The van der Waals surface area contributed by atoms with Gasteiger partial charge in [-0.1, -0.05) is 10.4 Å². The number of imidazole rings is 2. The summed E-state index contributed by atoms with van der Waals surface area (Å²) in [5.74, 6) is -1.67. The quantitative estimate of drug-likeness (QED) is 0.232. The molecule has 0 saturated carbocycles. The van der Waals surface area contributed by atoms with Gasteiger partial charge in [0.1, 0.15) is 26.1 Å². The Morgan fingerprint density at radius 1 is 0.781 bits per heavy atom. The Morgan fingerprint density at radius 2 is 1.19 bits per heavy atom. The lowest BCUT2D eigenvalue weighted by molar-refractivity contribution is -0.0130. The highest BCUT2D eigenvalue weighted by Gasteiger charge is 2.16. The maximum Gasteiger partial charge on any atom is 0.355 e. The Kier molecular flexibility index (Phi) is 5.35. The lowest BCUT2D eigenvalue weighted by atomic mass is 10.4. The molecule has 4 heterocycles. The number of ether oxygens (including phenoxy) is 2. The van der Waals surface area contributed by atoms with Gasteiger partial charge < -0.3 is 20.9 Å². The van der Waals surface area contributed by atoms with Gasteiger partial charge in [0.25, 0.3) is 11.8 Å². The van der Waals surface area contributed by atoms with E-state index < -0.39 is 23.2 Å². The van der Waals surface area contributed by atoms with Crippen molar-refractivity contribution < 1.29 is 19.1 Å². The number of hydrogen-bond donors (Lipinski definition) is 2. The smallest absolute Gasteiger partial charge is 0.355 e. The van der Waals surface area contributed by atoms with Crippen LogP contribution in [-0.4, -0.2) is 73.8 Å². The fraction of sp³-hybridized carbons (Fsp3) is 0.286. The minimum Gasteiger partial charge on any atom is -0.364 e. The van der Waals surface area contributed by atoms with E-state index in [0.717, 1.165) is 30.8 Å². The number of hydrogen-bond acceptors (Lipinski definition) is 12. The van der Waals surface area contributed by atoms with Gasteiger partial charge in [-0.2, -0.15) is 9.36 Å². The van der Waals surface area contributed by atoms with Gasteiger partial charge in [-0.15, -0.1) is 10.2 Å². The molecule has 32 heavy (non-hydrogen) atoms. The summed E-state index contributed by atoms with van der Waals surface area (Å²) < 4.78 is 14.4. The molecule has 0 aliphatic carbocycles. The van der Waals surface area contributed by atoms with E-state index in [1.165, 1.54) is 0 Å². The Labute approximate surface area is 175 Å². The Balaban J connectivity index is 1.31. The van der Waals surface area contributed by atoms with Gasteiger partial charge >= 0.3 is 11.4 Å². The lowest BCUT2D eigenvalue weighted by Crippen LogP contribution is -2.32. The van der Waals surface area contributed by atoms with Gasteiger partial charge in [-0.25, -0.2) is 28.4 Å². The fourth-order valence-corrected chi connectivity index (χ4v) is 2.60. The van der Waals surface area contributed by atoms with E-state index in [4.69, 9.17) is 20.9 Å². The molecule has 4 N–H and O–H groups in total. The van der Waals surface area contributed by atoms with Crippen molar-refractivity contribution in [2.24, 2.45) is 11.5 Å². The third-order valence-corrected chi connectivity index (χ3v) is 4.10. The van der Waals surface area contributed by atoms with Crippen molar-refractivity contribution in [2.75, 3.05) is 13.2 Å². The summed E-state index contributed by atoms with van der Waals surface area (Å²) in [6, 6.07) is 0. The maximum absolute atomic E-state index is 12.3. The minimum atomic E-state index is -0.836. The van der Waals surface area contributed by atoms with Gasteiger partial charge in [0, 0.05) is 0 Å². The Bertz CT molecular complexity index is 1340. The number of primary amides is 2. The second-order valence-electron chi connectivity index (χ2n) is 6.12. The molecule has 0 saturated heterocycles. The highest BCUT2D eigenvalue weighted by molar-refractivity contribution is 5.97. The molecule has 4 aromatic rings. The summed E-state index contributed by atoms with van der Waals surface area (Å²) in [6.45, 7) is -0.453. The normalized spacial score (nSPS) is 11.4. The van der Waals surface area contributed by atoms with Crippen LogP contribution < -0.4 is 22.8 Å². The summed E-state index contributed by atoms with van der Waals surface area (Å²) in [5.41, 5.74) is 8.55. The lowest BCUT2D eigenvalue weighted by Gasteiger charge is -2.07. The molecule has 18 heteroatoms. The number of amides is 2. The second-order valence-corrected chi connectivity index (χ2v) is 6.12. The number of aromatic nitrogens is 10. The number of nitrogens with zero attached hydrogens (tertiary/aromatic N) is 10. The predicted molar refractivity (Wildman–Crippen MR) is 99.0 cm³/mol. The number of fused-ring (bicyclic) bond motifs is 2. The maximum atomic E-state index is 12.3. The van der Waals surface area contributed by atoms with Crippen LogP contribution in [0.1, 0.15) is 21.0 Å². The molecule has 166 valence electrons. The molecule has 0 unspecified atom stereocenters. The van der Waals surface area contributed by atoms with E-state index in [-0.39, 0.29) is 49.4 Å². The Hall–Kier alpha value is -4.58. The first-order chi connectivity index (χ1) is 15.4. The van der Waals surface area contributed by atoms with Crippen LogP contribution in [0.3, 0.4) is 0 Å². The highest BCUT2D eigenvalue weighted by atomic mass is 16.5. The molecule has 0 spiro atoms. The predicted octanol–water partition coefficient (Wildman–Crippen LogP) is -4.27. The topological polar surface area (TPSA) is 235 Å². The van der Waals surface area contributed by atoms with Gasteiger partial charge in [0.15, 0.2) is 22.7 Å². The summed E-state index contributed by atoms with van der Waals surface area (Å²) in [4.78, 5) is 54.5. The summed E-state index contributed by atoms with van der Waals surface area (Å²) in [6.07, 6.45) is 2.21. The molecule has 0 atom stereocenters. The van der Waals surface area contributed by atoms with E-state index in [1.54, 1.807) is 0 Å². The molecule has 0 radical (unpaired) electrons. The summed E-state index contributed by atoms with van der Waals surface area (Å²) in [5, 5.41) is 14.8. The minimum absolute atomic E-state index is 0.0317. The van der Waals surface area contributed by atoms with E-state index in [0.29, 0.717) is 0 Å². The molecular formula is C14H14N12O6. The van der Waals surface area contributed by atoms with Crippen molar-refractivity contribution in [1.29, 1.82) is 0 Å². The van der Waals surface area contributed by atoms with Crippen LogP contribution in [0.2, 0.25) is 0 Å². The number of carbonyl (C=O) groups excluding carboxylic acids is 2. The van der Waals surface area contributed by atoms with E-state index in [1.807, 2.05) is 0 Å². The van der Waals surface area contributed by atoms with Crippen LogP contribution in [0.5, 0.6) is 0 Å². The Morgan fingerprint density at radius 3 is 1.56 bits per heavy atom. The molecule has 0 fully saturated rings. The molecule has 4 rings (SSSR count). The zero-order valence-corrected chi connectivity index (χ0v) is 16.1. The van der Waals surface area contributed by atoms with Crippen LogP contribution in [0, 0.1) is 0 Å². The molecule has 4 aromatic heterocycles. The van der Waals surface area contributed by atoms with Gasteiger partial charge in [-0.05, 0) is 0 Å². The molecule has 18 nitrogen and oxygen atoms in total. The van der Waals surface area contributed by atoms with Crippen molar-refractivity contribution in [3.8, 4) is 0 Å². The average molecular weight is 446 g/mol. The van der Waals surface area contributed by atoms with Gasteiger partial charge in [0.2, 0.25) is 0 Å². The molecule has 0 aromatic carbocycles. The number of carbonyl (C=O) groups is 2. The average Bonchev–Trinajstić information content (AvgIpc) is 3.38. The SMILES string of the molecule is NC(=O)c1ncn2c(=O)n(COCCOCn3nnc4c(C(N)=O)ncn4c3=O)nnc12. The third kappa shape index (κ3) is 3.65. The standard InChI is InChI=1S/C14H14N12O6/c15-9(27)7-11-19-21-25(13(29)23(11)3-17-7)5-31-1-2-32-6-26-14(30)24-4-18-8(10(16)28)12(24)20-22-26/h3-4H,1-2,5-6H2,(H2,15,27)(H2,16,28). The molecule has 0 bridgehead atoms. The molecule has 0 aliphatic rings. The highest BCUT2D eigenvalue weighted by Crippen LogP contribution is 2.02. The fourth-order valence-electron chi connectivity index (χ4n) is 2.60. The molecule has 2 amide bonds. The summed E-state index contributed by atoms with van der Waals surface area (Å²) >= 11 is 0. The largest absolute Gasteiger partial charge is 0.364 e. The van der Waals surface area contributed by atoms with Crippen molar-refractivity contribution in [3.63, 3.8) is 0 Å². The zero-order valence-electron chi connectivity index (χ0n) is 16.1. The van der Waals surface area contributed by atoms with Crippen molar-refractivity contribution in [3.05, 3.63) is 45.0 Å². The zero-order chi connectivity index (χ0) is 22.8. The van der Waals surface area contributed by atoms with E-state index >= 15 is 0 Å². The monoisotopic (exact) mass is 446 g/mol. The summed E-state index contributed by atoms with van der Waals surface area (Å²) in [7, 11) is 0. The van der Waals surface area contributed by atoms with Gasteiger partial charge in [0.05, 0.1) is 13.2 Å². The van der Waals surface area contributed by atoms with E-state index in [9.17, 15) is 19.2 Å². The third-order valence-electron chi connectivity index (χ3n) is 4.10. The van der Waals surface area contributed by atoms with Gasteiger partial charge in [-0.3, -0.25) is 9.59 Å². The van der Waals surface area contributed by atoms with Crippen molar-refractivity contribution in [1.82, 2.24) is 48.8 Å². The molecular weight excluding hydrogens is 432 g/mol.